The Hall–Kier alpha value is -3.23. The number of anilines is 1. The third-order valence-electron chi connectivity index (χ3n) is 7.07. The van der Waals surface area contributed by atoms with E-state index in [0.29, 0.717) is 11.6 Å². The zero-order valence-electron chi connectivity index (χ0n) is 19.9. The first-order valence-corrected chi connectivity index (χ1v) is 12.2. The highest BCUT2D eigenvalue weighted by Gasteiger charge is 2.43. The number of amides is 2. The first-order valence-electron chi connectivity index (χ1n) is 12.2. The van der Waals surface area contributed by atoms with Gasteiger partial charge in [0, 0.05) is 36.4 Å². The quantitative estimate of drug-likeness (QED) is 0.626. The number of benzene rings is 1. The van der Waals surface area contributed by atoms with Gasteiger partial charge in [-0.3, -0.25) is 9.59 Å². The van der Waals surface area contributed by atoms with E-state index in [2.05, 4.69) is 20.5 Å². The second-order valence-corrected chi connectivity index (χ2v) is 10.3. The molecule has 1 saturated carbocycles. The van der Waals surface area contributed by atoms with Crippen LogP contribution in [0.5, 0.6) is 5.75 Å². The lowest BCUT2D eigenvalue weighted by atomic mass is 9.96. The molecule has 7 nitrogen and oxygen atoms in total. The highest BCUT2D eigenvalue weighted by atomic mass is 19.2. The van der Waals surface area contributed by atoms with Crippen LogP contribution in [0.15, 0.2) is 36.5 Å². The Balaban J connectivity index is 1.19. The van der Waals surface area contributed by atoms with Crippen molar-refractivity contribution in [2.45, 2.75) is 82.1 Å². The SMILES string of the molecule is CC(C)(Oc1ccc(F)c(F)c1)C(=O)NC1C[C@H]2CC[C@@H](C1)N2c1ccc(C(=O)NC2CC2)cn1. The molecule has 0 radical (unpaired) electrons. The lowest BCUT2D eigenvalue weighted by Gasteiger charge is -2.40. The van der Waals surface area contributed by atoms with Gasteiger partial charge >= 0.3 is 0 Å². The monoisotopic (exact) mass is 484 g/mol. The van der Waals surface area contributed by atoms with Crippen LogP contribution in [0.4, 0.5) is 14.6 Å². The van der Waals surface area contributed by atoms with Gasteiger partial charge in [0.1, 0.15) is 11.6 Å². The number of nitrogens with one attached hydrogen (secondary N) is 2. The first kappa shape index (κ1) is 23.5. The van der Waals surface area contributed by atoms with E-state index in [9.17, 15) is 18.4 Å². The summed E-state index contributed by atoms with van der Waals surface area (Å²) in [5.74, 6) is -1.42. The predicted molar refractivity (Wildman–Crippen MR) is 126 cm³/mol. The first-order chi connectivity index (χ1) is 16.7. The average Bonchev–Trinajstić information content (AvgIpc) is 3.59. The minimum absolute atomic E-state index is 0.0207. The minimum atomic E-state index is -1.25. The third kappa shape index (κ3) is 5.09. The molecule has 3 heterocycles. The number of aromatic nitrogens is 1. The molecule has 186 valence electrons. The van der Waals surface area contributed by atoms with Crippen molar-refractivity contribution >= 4 is 17.6 Å². The number of fused-ring (bicyclic) bond motifs is 2. The molecule has 2 amide bonds. The summed E-state index contributed by atoms with van der Waals surface area (Å²) >= 11 is 0. The number of carbonyl (C=O) groups excluding carboxylic acids is 2. The summed E-state index contributed by atoms with van der Waals surface area (Å²) in [5.41, 5.74) is -0.683. The maximum absolute atomic E-state index is 13.5. The van der Waals surface area contributed by atoms with Crippen LogP contribution in [0.1, 0.15) is 62.7 Å². The Labute approximate surface area is 203 Å². The number of nitrogens with zero attached hydrogens (tertiary/aromatic N) is 2. The van der Waals surface area contributed by atoms with Crippen molar-refractivity contribution in [2.24, 2.45) is 0 Å². The van der Waals surface area contributed by atoms with Gasteiger partial charge in [0.05, 0.1) is 5.56 Å². The fraction of sp³-hybridized carbons (Fsp3) is 0.500. The summed E-state index contributed by atoms with van der Waals surface area (Å²) in [7, 11) is 0. The fourth-order valence-electron chi connectivity index (χ4n) is 5.08. The molecule has 9 heteroatoms. The van der Waals surface area contributed by atoms with E-state index in [1.54, 1.807) is 20.0 Å². The van der Waals surface area contributed by atoms with Crippen LogP contribution in [-0.2, 0) is 4.79 Å². The summed E-state index contributed by atoms with van der Waals surface area (Å²) in [6.45, 7) is 3.22. The molecule has 0 spiro atoms. The van der Waals surface area contributed by atoms with E-state index in [0.717, 1.165) is 56.5 Å². The van der Waals surface area contributed by atoms with Gasteiger partial charge in [-0.1, -0.05) is 0 Å². The van der Waals surface area contributed by atoms with Gasteiger partial charge in [-0.2, -0.15) is 0 Å². The molecular weight excluding hydrogens is 454 g/mol. The number of hydrogen-bond acceptors (Lipinski definition) is 5. The van der Waals surface area contributed by atoms with Crippen molar-refractivity contribution in [2.75, 3.05) is 4.90 Å². The van der Waals surface area contributed by atoms with Crippen LogP contribution in [0, 0.1) is 11.6 Å². The molecule has 3 aliphatic rings. The Bertz CT molecular complexity index is 1110. The molecule has 2 aromatic rings. The maximum atomic E-state index is 13.5. The molecule has 1 aliphatic carbocycles. The molecule has 1 aromatic heterocycles. The maximum Gasteiger partial charge on any atom is 0.263 e. The Kier molecular flexibility index (Phi) is 6.11. The number of rotatable bonds is 7. The highest BCUT2D eigenvalue weighted by molar-refractivity contribution is 5.94. The molecule has 2 N–H and O–H groups in total. The Morgan fingerprint density at radius 2 is 1.69 bits per heavy atom. The van der Waals surface area contributed by atoms with Crippen molar-refractivity contribution in [1.29, 1.82) is 0 Å². The second-order valence-electron chi connectivity index (χ2n) is 10.3. The Morgan fingerprint density at radius 1 is 0.971 bits per heavy atom. The molecule has 2 saturated heterocycles. The summed E-state index contributed by atoms with van der Waals surface area (Å²) in [4.78, 5) is 32.1. The number of hydrogen-bond donors (Lipinski definition) is 2. The standard InChI is InChI=1S/C26H30F2N4O3/c1-26(2,35-20-8-9-21(27)22(28)13-20)25(34)31-17-11-18-6-7-19(12-17)32(18)23-10-3-15(14-29-23)24(33)30-16-4-5-16/h3,8-10,13-14,16-19H,4-7,11-12H2,1-2H3,(H,30,33)(H,31,34)/t17?,18-,19+. The summed E-state index contributed by atoms with van der Waals surface area (Å²) in [6.07, 6.45) is 7.29. The lowest BCUT2D eigenvalue weighted by molar-refractivity contribution is -0.135. The topological polar surface area (TPSA) is 83.6 Å². The molecule has 35 heavy (non-hydrogen) atoms. The fourth-order valence-corrected chi connectivity index (χ4v) is 5.08. The number of pyridine rings is 1. The van der Waals surface area contributed by atoms with Gasteiger partial charge < -0.3 is 20.3 Å². The minimum Gasteiger partial charge on any atom is -0.478 e. The van der Waals surface area contributed by atoms with E-state index < -0.39 is 17.2 Å². The van der Waals surface area contributed by atoms with Crippen LogP contribution < -0.4 is 20.3 Å². The van der Waals surface area contributed by atoms with Gasteiger partial charge in [0.15, 0.2) is 17.2 Å². The summed E-state index contributed by atoms with van der Waals surface area (Å²) in [5, 5.41) is 6.07. The van der Waals surface area contributed by atoms with Crippen LogP contribution in [0.25, 0.3) is 0 Å². The molecule has 5 rings (SSSR count). The molecule has 3 fully saturated rings. The molecule has 3 atom stereocenters. The van der Waals surface area contributed by atoms with Crippen LogP contribution >= 0.6 is 0 Å². The zero-order chi connectivity index (χ0) is 24.7. The molecule has 2 bridgehead atoms. The number of piperidine rings is 1. The highest BCUT2D eigenvalue weighted by Crippen LogP contribution is 2.39. The van der Waals surface area contributed by atoms with Crippen LogP contribution in [0.2, 0.25) is 0 Å². The van der Waals surface area contributed by atoms with E-state index in [1.807, 2.05) is 12.1 Å². The van der Waals surface area contributed by atoms with Gasteiger partial charge in [0.25, 0.3) is 11.8 Å². The van der Waals surface area contributed by atoms with Crippen molar-refractivity contribution in [1.82, 2.24) is 15.6 Å². The predicted octanol–water partition coefficient (Wildman–Crippen LogP) is 3.73. The van der Waals surface area contributed by atoms with Crippen molar-refractivity contribution in [3.63, 3.8) is 0 Å². The largest absolute Gasteiger partial charge is 0.478 e. The Morgan fingerprint density at radius 3 is 2.29 bits per heavy atom. The smallest absolute Gasteiger partial charge is 0.263 e. The van der Waals surface area contributed by atoms with Gasteiger partial charge in [-0.25, -0.2) is 13.8 Å². The van der Waals surface area contributed by atoms with Gasteiger partial charge in [-0.15, -0.1) is 0 Å². The number of ether oxygens (including phenoxy) is 1. The van der Waals surface area contributed by atoms with Gasteiger partial charge in [0.2, 0.25) is 0 Å². The van der Waals surface area contributed by atoms with E-state index in [4.69, 9.17) is 4.74 Å². The summed E-state index contributed by atoms with van der Waals surface area (Å²) < 4.78 is 32.4. The van der Waals surface area contributed by atoms with E-state index in [-0.39, 0.29) is 35.7 Å². The average molecular weight is 485 g/mol. The second kappa shape index (κ2) is 9.09. The molecule has 1 unspecified atom stereocenters. The summed E-state index contributed by atoms with van der Waals surface area (Å²) in [6, 6.07) is 7.73. The molecular formula is C26H30F2N4O3. The van der Waals surface area contributed by atoms with E-state index >= 15 is 0 Å². The van der Waals surface area contributed by atoms with E-state index in [1.165, 1.54) is 6.07 Å². The van der Waals surface area contributed by atoms with Crippen LogP contribution in [-0.4, -0.2) is 46.6 Å². The van der Waals surface area contributed by atoms with Crippen molar-refractivity contribution < 1.29 is 23.1 Å². The lowest BCUT2D eigenvalue weighted by Crippen LogP contribution is -2.55. The van der Waals surface area contributed by atoms with Crippen molar-refractivity contribution in [3.05, 3.63) is 53.7 Å². The molecule has 1 aromatic carbocycles. The number of carbonyl (C=O) groups is 2. The number of halogens is 2. The molecule has 2 aliphatic heterocycles. The third-order valence-corrected chi connectivity index (χ3v) is 7.07. The van der Waals surface area contributed by atoms with Crippen molar-refractivity contribution in [3.8, 4) is 5.75 Å². The normalized spacial score (nSPS) is 23.7. The van der Waals surface area contributed by atoms with Crippen LogP contribution in [0.3, 0.4) is 0 Å². The van der Waals surface area contributed by atoms with Gasteiger partial charge in [-0.05, 0) is 76.6 Å². The zero-order valence-corrected chi connectivity index (χ0v) is 19.9.